The van der Waals surface area contributed by atoms with Gasteiger partial charge in [0.2, 0.25) is 0 Å². The molecule has 3 atom stereocenters. The van der Waals surface area contributed by atoms with E-state index in [0.717, 1.165) is 18.5 Å². The van der Waals surface area contributed by atoms with E-state index in [1.54, 1.807) is 0 Å². The maximum Gasteiger partial charge on any atom is 0.0707 e. The van der Waals surface area contributed by atoms with E-state index in [1.807, 2.05) is 0 Å². The summed E-state index contributed by atoms with van der Waals surface area (Å²) < 4.78 is 5.96. The van der Waals surface area contributed by atoms with Crippen molar-refractivity contribution >= 4 is 0 Å². The van der Waals surface area contributed by atoms with Gasteiger partial charge in [-0.25, -0.2) is 0 Å². The van der Waals surface area contributed by atoms with E-state index in [2.05, 4.69) is 26.1 Å². The van der Waals surface area contributed by atoms with Crippen molar-refractivity contribution in [2.45, 2.75) is 70.6 Å². The zero-order chi connectivity index (χ0) is 10.9. The van der Waals surface area contributed by atoms with Crippen molar-refractivity contribution in [3.8, 4) is 0 Å². The quantitative estimate of drug-likeness (QED) is 0.755. The Kier molecular flexibility index (Phi) is 3.36. The summed E-state index contributed by atoms with van der Waals surface area (Å²) in [6.07, 6.45) is 7.02. The summed E-state index contributed by atoms with van der Waals surface area (Å²) >= 11 is 0. The molecule has 1 N–H and O–H groups in total. The summed E-state index contributed by atoms with van der Waals surface area (Å²) in [6, 6.07) is 0.803. The lowest BCUT2D eigenvalue weighted by Crippen LogP contribution is -2.31. The minimum Gasteiger partial charge on any atom is -0.371 e. The molecular weight excluding hydrogens is 186 g/mol. The summed E-state index contributed by atoms with van der Waals surface area (Å²) in [4.78, 5) is 0. The molecule has 0 aromatic rings. The molecule has 0 aromatic heterocycles. The average Bonchev–Trinajstić information content (AvgIpc) is 2.80. The fourth-order valence-corrected chi connectivity index (χ4v) is 2.69. The molecule has 0 amide bonds. The maximum absolute atomic E-state index is 5.96. The van der Waals surface area contributed by atoms with Gasteiger partial charge in [0.05, 0.1) is 11.7 Å². The Morgan fingerprint density at radius 2 is 2.20 bits per heavy atom. The van der Waals surface area contributed by atoms with Crippen LogP contribution in [0.25, 0.3) is 0 Å². The van der Waals surface area contributed by atoms with E-state index in [4.69, 9.17) is 4.74 Å². The molecule has 15 heavy (non-hydrogen) atoms. The van der Waals surface area contributed by atoms with Gasteiger partial charge in [-0.15, -0.1) is 0 Å². The summed E-state index contributed by atoms with van der Waals surface area (Å²) in [5.74, 6) is 0.962. The molecule has 0 bridgehead atoms. The first-order chi connectivity index (χ1) is 7.11. The number of rotatable bonds is 5. The molecule has 2 aliphatic rings. The largest absolute Gasteiger partial charge is 0.371 e. The van der Waals surface area contributed by atoms with E-state index in [9.17, 15) is 0 Å². The summed E-state index contributed by atoms with van der Waals surface area (Å²) in [5, 5.41) is 3.65. The van der Waals surface area contributed by atoms with Crippen LogP contribution in [0.4, 0.5) is 0 Å². The molecule has 1 aliphatic heterocycles. The molecule has 1 saturated carbocycles. The molecule has 0 spiro atoms. The van der Waals surface area contributed by atoms with Crippen LogP contribution in [0, 0.1) is 5.92 Å². The minimum absolute atomic E-state index is 0.124. The number of hydrogen-bond donors (Lipinski definition) is 1. The van der Waals surface area contributed by atoms with Crippen molar-refractivity contribution in [3.05, 3.63) is 0 Å². The summed E-state index contributed by atoms with van der Waals surface area (Å²) in [5.41, 5.74) is 0.124. The van der Waals surface area contributed by atoms with Crippen LogP contribution >= 0.6 is 0 Å². The topological polar surface area (TPSA) is 21.3 Å². The first kappa shape index (κ1) is 11.4. The van der Waals surface area contributed by atoms with Crippen LogP contribution in [0.15, 0.2) is 0 Å². The lowest BCUT2D eigenvalue weighted by Gasteiger charge is -2.19. The second-order valence-electron chi connectivity index (χ2n) is 5.84. The molecule has 0 radical (unpaired) electrons. The monoisotopic (exact) mass is 211 g/mol. The van der Waals surface area contributed by atoms with Gasteiger partial charge in [0.25, 0.3) is 0 Å². The van der Waals surface area contributed by atoms with E-state index < -0.39 is 0 Å². The molecule has 2 heteroatoms. The number of hydrogen-bond acceptors (Lipinski definition) is 2. The van der Waals surface area contributed by atoms with Crippen LogP contribution in [0.5, 0.6) is 0 Å². The molecule has 1 heterocycles. The number of nitrogens with one attached hydrogen (secondary N) is 1. The third kappa shape index (κ3) is 3.18. The van der Waals surface area contributed by atoms with Crippen molar-refractivity contribution < 1.29 is 4.74 Å². The zero-order valence-corrected chi connectivity index (χ0v) is 10.4. The fraction of sp³-hybridized carbons (Fsp3) is 1.00. The van der Waals surface area contributed by atoms with Crippen molar-refractivity contribution in [3.63, 3.8) is 0 Å². The van der Waals surface area contributed by atoms with Crippen LogP contribution in [-0.4, -0.2) is 24.3 Å². The van der Waals surface area contributed by atoms with Crippen LogP contribution < -0.4 is 5.32 Å². The number of ether oxygens (including phenoxy) is 1. The van der Waals surface area contributed by atoms with Crippen LogP contribution in [0.2, 0.25) is 0 Å². The first-order valence-corrected chi connectivity index (χ1v) is 6.52. The maximum atomic E-state index is 5.96. The zero-order valence-electron chi connectivity index (χ0n) is 10.4. The molecule has 2 nitrogen and oxygen atoms in total. The fourth-order valence-electron chi connectivity index (χ4n) is 2.69. The predicted molar refractivity (Wildman–Crippen MR) is 63.0 cm³/mol. The van der Waals surface area contributed by atoms with Crippen molar-refractivity contribution in [2.24, 2.45) is 5.92 Å². The SMILES string of the molecule is CCCC1CC1NCC1CCC(C)(C)O1. The molecule has 1 aliphatic carbocycles. The van der Waals surface area contributed by atoms with Crippen LogP contribution in [0.3, 0.4) is 0 Å². The third-order valence-corrected chi connectivity index (χ3v) is 3.74. The van der Waals surface area contributed by atoms with Gasteiger partial charge < -0.3 is 10.1 Å². The molecule has 1 saturated heterocycles. The molecule has 0 aromatic carbocycles. The molecular formula is C13H25NO. The summed E-state index contributed by atoms with van der Waals surface area (Å²) in [6.45, 7) is 7.74. The average molecular weight is 211 g/mol. The Morgan fingerprint density at radius 3 is 2.80 bits per heavy atom. The van der Waals surface area contributed by atoms with Gasteiger partial charge in [0, 0.05) is 12.6 Å². The highest BCUT2D eigenvalue weighted by Gasteiger charge is 2.37. The smallest absolute Gasteiger partial charge is 0.0707 e. The van der Waals surface area contributed by atoms with Gasteiger partial charge in [0.1, 0.15) is 0 Å². The Balaban J connectivity index is 1.60. The van der Waals surface area contributed by atoms with Gasteiger partial charge >= 0.3 is 0 Å². The second-order valence-corrected chi connectivity index (χ2v) is 5.84. The normalized spacial score (nSPS) is 38.2. The highest BCUT2D eigenvalue weighted by molar-refractivity contribution is 4.94. The van der Waals surface area contributed by atoms with Crippen LogP contribution in [-0.2, 0) is 4.74 Å². The van der Waals surface area contributed by atoms with E-state index >= 15 is 0 Å². The predicted octanol–water partition coefficient (Wildman–Crippen LogP) is 2.72. The van der Waals surface area contributed by atoms with Crippen molar-refractivity contribution in [1.29, 1.82) is 0 Å². The Morgan fingerprint density at radius 1 is 1.40 bits per heavy atom. The molecule has 3 unspecified atom stereocenters. The van der Waals surface area contributed by atoms with E-state index in [0.29, 0.717) is 6.10 Å². The second kappa shape index (κ2) is 4.42. The Hall–Kier alpha value is -0.0800. The van der Waals surface area contributed by atoms with Crippen molar-refractivity contribution in [2.75, 3.05) is 6.54 Å². The minimum atomic E-state index is 0.124. The van der Waals surface area contributed by atoms with Crippen LogP contribution in [0.1, 0.15) is 52.9 Å². The van der Waals surface area contributed by atoms with E-state index in [-0.39, 0.29) is 5.60 Å². The first-order valence-electron chi connectivity index (χ1n) is 6.52. The Bertz CT molecular complexity index is 215. The standard InChI is InChI=1S/C13H25NO/c1-4-5-10-8-12(10)14-9-11-6-7-13(2,3)15-11/h10-12,14H,4-9H2,1-3H3. The van der Waals surface area contributed by atoms with Gasteiger partial charge in [-0.3, -0.25) is 0 Å². The highest BCUT2D eigenvalue weighted by Crippen LogP contribution is 2.35. The lowest BCUT2D eigenvalue weighted by molar-refractivity contribution is -0.0144. The molecule has 2 rings (SSSR count). The van der Waals surface area contributed by atoms with E-state index in [1.165, 1.54) is 32.1 Å². The third-order valence-electron chi connectivity index (χ3n) is 3.74. The highest BCUT2D eigenvalue weighted by atomic mass is 16.5. The van der Waals surface area contributed by atoms with Gasteiger partial charge in [-0.2, -0.15) is 0 Å². The lowest BCUT2D eigenvalue weighted by atomic mass is 10.1. The summed E-state index contributed by atoms with van der Waals surface area (Å²) in [7, 11) is 0. The van der Waals surface area contributed by atoms with Gasteiger partial charge in [-0.05, 0) is 45.4 Å². The molecule has 2 fully saturated rings. The van der Waals surface area contributed by atoms with Crippen molar-refractivity contribution in [1.82, 2.24) is 5.32 Å². The Labute approximate surface area is 93.8 Å². The van der Waals surface area contributed by atoms with Gasteiger partial charge in [-0.1, -0.05) is 13.3 Å². The van der Waals surface area contributed by atoms with Gasteiger partial charge in [0.15, 0.2) is 0 Å². The molecule has 88 valence electrons.